The molecule has 49 heavy (non-hydrogen) atoms. The number of alkyl halides is 3. The molecule has 1 aliphatic heterocycles. The van der Waals surface area contributed by atoms with Gasteiger partial charge in [0.05, 0.1) is 29.1 Å². The van der Waals surface area contributed by atoms with Gasteiger partial charge in [0.1, 0.15) is 12.1 Å². The number of hydrogen-bond donors (Lipinski definition) is 1. The maximum atomic E-state index is 14.4. The molecule has 1 fully saturated rings. The van der Waals surface area contributed by atoms with E-state index in [2.05, 4.69) is 20.5 Å². The highest BCUT2D eigenvalue weighted by Gasteiger charge is 2.49. The van der Waals surface area contributed by atoms with Crippen LogP contribution in [0.4, 0.5) is 23.7 Å². The molecule has 2 aliphatic rings. The fourth-order valence-corrected chi connectivity index (χ4v) is 7.08. The summed E-state index contributed by atoms with van der Waals surface area (Å²) in [5, 5.41) is 11.5. The standard InChI is InChI=1S/C33H35ClF3N7O5/c1-18-16-32(9-12-42(13-10-32)30(47)49-31(2,3)4)25-27(18)43(17-23(45)39-22-7-6-19(14-21(22)34)33(35,36)37)29-26(28(25)46)40-44(41-29)20-8-11-38-24(15-20)48-5/h6-8,11,14-15,18H,9-10,12-13,16-17H2,1-5H3,(H,39,45). The van der Waals surface area contributed by atoms with Crippen molar-refractivity contribution in [3.8, 4) is 11.6 Å². The topological polar surface area (TPSA) is 133 Å². The van der Waals surface area contributed by atoms with Crippen LogP contribution in [0.15, 0.2) is 41.3 Å². The molecule has 12 nitrogen and oxygen atoms in total. The van der Waals surface area contributed by atoms with E-state index in [1.807, 2.05) is 6.92 Å². The Bertz CT molecular complexity index is 2010. The van der Waals surface area contributed by atoms with Crippen LogP contribution in [0.25, 0.3) is 16.9 Å². The van der Waals surface area contributed by atoms with Gasteiger partial charge in [-0.3, -0.25) is 9.59 Å². The third-order valence-corrected chi connectivity index (χ3v) is 9.25. The van der Waals surface area contributed by atoms with Crippen molar-refractivity contribution in [3.63, 3.8) is 0 Å². The number of fused-ring (bicyclic) bond motifs is 3. The maximum absolute atomic E-state index is 14.4. The molecule has 1 atom stereocenters. The summed E-state index contributed by atoms with van der Waals surface area (Å²) < 4.78 is 52.1. The third-order valence-electron chi connectivity index (χ3n) is 8.94. The van der Waals surface area contributed by atoms with E-state index in [0.29, 0.717) is 55.2 Å². The lowest BCUT2D eigenvalue weighted by Gasteiger charge is -2.40. The van der Waals surface area contributed by atoms with E-state index in [1.54, 1.807) is 42.4 Å². The number of benzene rings is 1. The molecule has 0 radical (unpaired) electrons. The van der Waals surface area contributed by atoms with Gasteiger partial charge in [-0.15, -0.1) is 15.0 Å². The van der Waals surface area contributed by atoms with Crippen LogP contribution in [0, 0.1) is 0 Å². The Kier molecular flexibility index (Phi) is 8.62. The molecule has 260 valence electrons. The maximum Gasteiger partial charge on any atom is 0.416 e. The summed E-state index contributed by atoms with van der Waals surface area (Å²) in [4.78, 5) is 47.9. The molecule has 1 spiro atoms. The number of piperidine rings is 1. The third kappa shape index (κ3) is 6.55. The van der Waals surface area contributed by atoms with E-state index in [9.17, 15) is 27.6 Å². The second-order valence-electron chi connectivity index (χ2n) is 13.5. The van der Waals surface area contributed by atoms with Crippen LogP contribution in [0.2, 0.25) is 5.02 Å². The van der Waals surface area contributed by atoms with Gasteiger partial charge in [-0.05, 0) is 70.2 Å². The Hall–Kier alpha value is -4.66. The first-order valence-corrected chi connectivity index (χ1v) is 16.1. The van der Waals surface area contributed by atoms with Crippen LogP contribution in [0.3, 0.4) is 0 Å². The van der Waals surface area contributed by atoms with Crippen LogP contribution in [0.5, 0.6) is 5.88 Å². The minimum Gasteiger partial charge on any atom is -0.481 e. The summed E-state index contributed by atoms with van der Waals surface area (Å²) >= 11 is 6.14. The van der Waals surface area contributed by atoms with Gasteiger partial charge in [-0.25, -0.2) is 9.78 Å². The van der Waals surface area contributed by atoms with Crippen molar-refractivity contribution < 1.29 is 32.2 Å². The summed E-state index contributed by atoms with van der Waals surface area (Å²) in [6.45, 7) is 7.78. The Morgan fingerprint density at radius 3 is 2.45 bits per heavy atom. The zero-order valence-corrected chi connectivity index (χ0v) is 28.3. The minimum atomic E-state index is -4.60. The number of nitrogens with zero attached hydrogens (tertiary/aromatic N) is 6. The SMILES string of the molecule is COc1cc(-n2nc3c(=O)c4c(n(CC(=O)Nc5ccc(C(F)(F)F)cc5Cl)c3n2)C(C)CC42CCN(C(=O)OC(C)(C)C)CC2)ccn1. The lowest BCUT2D eigenvalue weighted by atomic mass is 9.73. The molecule has 2 amide bonds. The normalized spacial score (nSPS) is 17.3. The van der Waals surface area contributed by atoms with Gasteiger partial charge < -0.3 is 24.3 Å². The Balaban J connectivity index is 1.42. The van der Waals surface area contributed by atoms with E-state index < -0.39 is 34.8 Å². The second kappa shape index (κ2) is 12.3. The number of nitrogens with one attached hydrogen (secondary N) is 1. The van der Waals surface area contributed by atoms with E-state index in [1.165, 1.54) is 18.1 Å². The summed E-state index contributed by atoms with van der Waals surface area (Å²) in [6, 6.07) is 5.91. The zero-order valence-electron chi connectivity index (χ0n) is 27.5. The Labute approximate surface area is 284 Å². The lowest BCUT2D eigenvalue weighted by molar-refractivity contribution is -0.137. The molecule has 1 aliphatic carbocycles. The molecule has 0 saturated carbocycles. The molecule has 4 aromatic rings. The first kappa shape index (κ1) is 34.2. The Morgan fingerprint density at radius 2 is 1.82 bits per heavy atom. The predicted octanol–water partition coefficient (Wildman–Crippen LogP) is 6.07. The summed E-state index contributed by atoms with van der Waals surface area (Å²) in [7, 11) is 1.46. The van der Waals surface area contributed by atoms with Crippen LogP contribution in [-0.2, 0) is 27.7 Å². The van der Waals surface area contributed by atoms with Gasteiger partial charge in [0, 0.05) is 42.0 Å². The van der Waals surface area contributed by atoms with E-state index in [4.69, 9.17) is 21.1 Å². The molecule has 1 aromatic carbocycles. The molecule has 0 bridgehead atoms. The van der Waals surface area contributed by atoms with Crippen molar-refractivity contribution in [2.75, 3.05) is 25.5 Å². The van der Waals surface area contributed by atoms with Crippen LogP contribution >= 0.6 is 11.6 Å². The Morgan fingerprint density at radius 1 is 1.10 bits per heavy atom. The average Bonchev–Trinajstić information content (AvgIpc) is 3.59. The van der Waals surface area contributed by atoms with Gasteiger partial charge in [0.25, 0.3) is 0 Å². The largest absolute Gasteiger partial charge is 0.481 e. The number of rotatable bonds is 5. The minimum absolute atomic E-state index is 0.000157. The number of anilines is 1. The van der Waals surface area contributed by atoms with Crippen molar-refractivity contribution in [2.24, 2.45) is 0 Å². The molecule has 4 heterocycles. The molecular weight excluding hydrogens is 667 g/mol. The smallest absolute Gasteiger partial charge is 0.416 e. The van der Waals surface area contributed by atoms with Gasteiger partial charge in [-0.1, -0.05) is 18.5 Å². The van der Waals surface area contributed by atoms with Crippen molar-refractivity contribution in [2.45, 2.75) is 76.6 Å². The van der Waals surface area contributed by atoms with Gasteiger partial charge >= 0.3 is 12.3 Å². The highest BCUT2D eigenvalue weighted by atomic mass is 35.5. The summed E-state index contributed by atoms with van der Waals surface area (Å²) in [5.41, 5.74) is -0.712. The fourth-order valence-electron chi connectivity index (χ4n) is 6.86. The van der Waals surface area contributed by atoms with Gasteiger partial charge in [0.2, 0.25) is 17.2 Å². The number of hydrogen-bond acceptors (Lipinski definition) is 8. The summed E-state index contributed by atoms with van der Waals surface area (Å²) in [6.07, 6.45) is -1.93. The molecule has 6 rings (SSSR count). The molecule has 16 heteroatoms. The van der Waals surface area contributed by atoms with Crippen LogP contribution < -0.4 is 15.5 Å². The van der Waals surface area contributed by atoms with Crippen LogP contribution in [0.1, 0.15) is 69.7 Å². The lowest BCUT2D eigenvalue weighted by Crippen LogP contribution is -2.47. The second-order valence-corrected chi connectivity index (χ2v) is 13.9. The molecular formula is C33H35ClF3N7O5. The van der Waals surface area contributed by atoms with Crippen molar-refractivity contribution in [3.05, 3.63) is 68.6 Å². The average molecular weight is 702 g/mol. The molecule has 1 N–H and O–H groups in total. The summed E-state index contributed by atoms with van der Waals surface area (Å²) in [5.74, 6) is -0.482. The zero-order chi connectivity index (χ0) is 35.5. The number of halogens is 4. The number of methoxy groups -OCH3 is 1. The van der Waals surface area contributed by atoms with E-state index >= 15 is 0 Å². The highest BCUT2D eigenvalue weighted by molar-refractivity contribution is 6.33. The highest BCUT2D eigenvalue weighted by Crippen LogP contribution is 2.51. The monoisotopic (exact) mass is 701 g/mol. The van der Waals surface area contributed by atoms with E-state index in [-0.39, 0.29) is 39.8 Å². The van der Waals surface area contributed by atoms with Crippen molar-refractivity contribution in [1.29, 1.82) is 0 Å². The quantitative estimate of drug-likeness (QED) is 0.265. The van der Waals surface area contributed by atoms with Gasteiger partial charge in [0.15, 0.2) is 11.2 Å². The number of ether oxygens (including phenoxy) is 2. The van der Waals surface area contributed by atoms with Crippen molar-refractivity contribution in [1.82, 2.24) is 29.4 Å². The van der Waals surface area contributed by atoms with Crippen LogP contribution in [-0.4, -0.2) is 67.2 Å². The molecule has 1 saturated heterocycles. The first-order chi connectivity index (χ1) is 23.0. The number of amides is 2. The number of pyridine rings is 2. The number of carbonyl (C=O) groups is 2. The number of likely N-dealkylation sites (tertiary alicyclic amines) is 1. The van der Waals surface area contributed by atoms with E-state index in [0.717, 1.165) is 18.2 Å². The van der Waals surface area contributed by atoms with Crippen molar-refractivity contribution >= 4 is 40.5 Å². The fraction of sp³-hybridized carbons (Fsp3) is 0.455. The predicted molar refractivity (Wildman–Crippen MR) is 174 cm³/mol. The number of carbonyl (C=O) groups excluding carboxylic acids is 2. The molecule has 1 unspecified atom stereocenters. The number of aromatic nitrogens is 5. The first-order valence-electron chi connectivity index (χ1n) is 15.7. The molecule has 3 aromatic heterocycles. The van der Waals surface area contributed by atoms with Gasteiger partial charge in [-0.2, -0.15) is 13.2 Å².